The topological polar surface area (TPSA) is 15.3 Å². The minimum Gasteiger partial charge on any atom is -0.316 e. The molecule has 0 aromatic heterocycles. The van der Waals surface area contributed by atoms with Gasteiger partial charge in [0.25, 0.3) is 0 Å². The van der Waals surface area contributed by atoms with Gasteiger partial charge in [0.2, 0.25) is 0 Å². The van der Waals surface area contributed by atoms with Gasteiger partial charge in [-0.15, -0.1) is 0 Å². The van der Waals surface area contributed by atoms with Crippen molar-refractivity contribution >= 4 is 0 Å². The summed E-state index contributed by atoms with van der Waals surface area (Å²) in [6.45, 7) is 12.3. The molecule has 116 valence electrons. The Bertz CT molecular complexity index is 433. The lowest BCUT2D eigenvalue weighted by Gasteiger charge is -2.23. The number of hydrogen-bond acceptors (Lipinski definition) is 2. The summed E-state index contributed by atoms with van der Waals surface area (Å²) in [5.41, 5.74) is 2.87. The van der Waals surface area contributed by atoms with Crippen LogP contribution in [0.5, 0.6) is 0 Å². The third-order valence-electron chi connectivity index (χ3n) is 4.10. The second-order valence-electron chi connectivity index (χ2n) is 6.69. The Morgan fingerprint density at radius 2 is 1.81 bits per heavy atom. The zero-order valence-corrected chi connectivity index (χ0v) is 13.8. The zero-order chi connectivity index (χ0) is 15.1. The summed E-state index contributed by atoms with van der Waals surface area (Å²) in [5.74, 6) is 1.30. The first kappa shape index (κ1) is 16.3. The number of hydrogen-bond donors (Lipinski definition) is 1. The van der Waals surface area contributed by atoms with Crippen LogP contribution < -0.4 is 5.32 Å². The van der Waals surface area contributed by atoms with Crippen LogP contribution in [-0.4, -0.2) is 31.1 Å². The lowest BCUT2D eigenvalue weighted by molar-refractivity contribution is 0.290. The molecule has 1 atom stereocenters. The van der Waals surface area contributed by atoms with Gasteiger partial charge >= 0.3 is 0 Å². The summed E-state index contributed by atoms with van der Waals surface area (Å²) in [7, 11) is 0. The van der Waals surface area contributed by atoms with Gasteiger partial charge in [-0.05, 0) is 35.9 Å². The first-order valence-electron chi connectivity index (χ1n) is 8.32. The van der Waals surface area contributed by atoms with Crippen LogP contribution in [0.25, 0.3) is 0 Å². The van der Waals surface area contributed by atoms with Crippen LogP contribution in [0, 0.1) is 5.92 Å². The number of rotatable bonds is 7. The Kier molecular flexibility index (Phi) is 6.47. The van der Waals surface area contributed by atoms with Crippen molar-refractivity contribution in [2.45, 2.75) is 39.7 Å². The fraction of sp³-hybridized carbons (Fsp3) is 0.579. The molecule has 0 saturated carbocycles. The van der Waals surface area contributed by atoms with E-state index in [9.17, 15) is 0 Å². The molecule has 0 radical (unpaired) electrons. The molecule has 21 heavy (non-hydrogen) atoms. The van der Waals surface area contributed by atoms with E-state index in [4.69, 9.17) is 0 Å². The summed E-state index contributed by atoms with van der Waals surface area (Å²) in [5, 5.41) is 3.55. The predicted octanol–water partition coefficient (Wildman–Crippen LogP) is 3.80. The minimum absolute atomic E-state index is 0.579. The molecule has 1 N–H and O–H groups in total. The Hall–Kier alpha value is -1.12. The highest BCUT2D eigenvalue weighted by Gasteiger charge is 2.08. The Morgan fingerprint density at radius 1 is 1.05 bits per heavy atom. The van der Waals surface area contributed by atoms with Crippen molar-refractivity contribution in [1.29, 1.82) is 0 Å². The first-order valence-corrected chi connectivity index (χ1v) is 8.32. The summed E-state index contributed by atoms with van der Waals surface area (Å²) < 4.78 is 0. The maximum Gasteiger partial charge on any atom is 0.0237 e. The largest absolute Gasteiger partial charge is 0.316 e. The van der Waals surface area contributed by atoms with Gasteiger partial charge in [-0.1, -0.05) is 57.2 Å². The molecule has 0 spiro atoms. The molecule has 0 aliphatic carbocycles. The van der Waals surface area contributed by atoms with Gasteiger partial charge < -0.3 is 5.32 Å². The Balaban J connectivity index is 1.81. The number of nitrogens with one attached hydrogen (secondary N) is 1. The second kappa shape index (κ2) is 8.35. The maximum absolute atomic E-state index is 3.55. The van der Waals surface area contributed by atoms with E-state index in [-0.39, 0.29) is 0 Å². The number of benzene rings is 1. The van der Waals surface area contributed by atoms with E-state index in [1.54, 1.807) is 0 Å². The monoisotopic (exact) mass is 286 g/mol. The lowest BCUT2D eigenvalue weighted by Crippen LogP contribution is -2.26. The molecular formula is C19H30N2. The smallest absolute Gasteiger partial charge is 0.0237 e. The molecule has 1 aromatic carbocycles. The standard InChI is InChI=1S/C19H30N2/c1-16(2)13-20-14-17(3)19-9-7-18(8-10-19)15-21-11-5-4-6-12-21/h4-5,7-10,16-17,20H,6,11-15H2,1-3H3. The van der Waals surface area contributed by atoms with Crippen LogP contribution in [0.1, 0.15) is 44.2 Å². The normalized spacial score (nSPS) is 17.3. The predicted molar refractivity (Wildman–Crippen MR) is 91.6 cm³/mol. The molecule has 0 fully saturated rings. The maximum atomic E-state index is 3.55. The van der Waals surface area contributed by atoms with Crippen molar-refractivity contribution in [1.82, 2.24) is 10.2 Å². The molecule has 0 amide bonds. The average molecular weight is 286 g/mol. The van der Waals surface area contributed by atoms with E-state index in [1.807, 2.05) is 0 Å². The van der Waals surface area contributed by atoms with Gasteiger partial charge in [0, 0.05) is 26.2 Å². The molecule has 1 aliphatic heterocycles. The number of nitrogens with zero attached hydrogens (tertiary/aromatic N) is 1. The van der Waals surface area contributed by atoms with Crippen molar-refractivity contribution in [3.05, 3.63) is 47.5 Å². The van der Waals surface area contributed by atoms with Crippen molar-refractivity contribution in [3.63, 3.8) is 0 Å². The van der Waals surface area contributed by atoms with Crippen molar-refractivity contribution in [2.75, 3.05) is 26.2 Å². The van der Waals surface area contributed by atoms with Gasteiger partial charge in [-0.2, -0.15) is 0 Å². The van der Waals surface area contributed by atoms with Gasteiger partial charge in [0.1, 0.15) is 0 Å². The van der Waals surface area contributed by atoms with E-state index in [0.29, 0.717) is 5.92 Å². The Morgan fingerprint density at radius 3 is 2.43 bits per heavy atom. The highest BCUT2D eigenvalue weighted by molar-refractivity contribution is 5.25. The van der Waals surface area contributed by atoms with E-state index in [1.165, 1.54) is 24.1 Å². The molecule has 2 heteroatoms. The van der Waals surface area contributed by atoms with Crippen molar-refractivity contribution in [2.24, 2.45) is 5.92 Å². The van der Waals surface area contributed by atoms with Gasteiger partial charge in [-0.25, -0.2) is 0 Å². The molecular weight excluding hydrogens is 256 g/mol. The zero-order valence-electron chi connectivity index (χ0n) is 13.8. The van der Waals surface area contributed by atoms with Crippen molar-refractivity contribution in [3.8, 4) is 0 Å². The quantitative estimate of drug-likeness (QED) is 0.767. The van der Waals surface area contributed by atoms with Crippen LogP contribution in [0.15, 0.2) is 36.4 Å². The fourth-order valence-corrected chi connectivity index (χ4v) is 2.75. The molecule has 2 rings (SSSR count). The molecule has 0 bridgehead atoms. The summed E-state index contributed by atoms with van der Waals surface area (Å²) >= 11 is 0. The molecule has 1 unspecified atom stereocenters. The third-order valence-corrected chi connectivity index (χ3v) is 4.10. The molecule has 0 saturated heterocycles. The third kappa shape index (κ3) is 5.64. The van der Waals surface area contributed by atoms with Crippen LogP contribution in [0.2, 0.25) is 0 Å². The van der Waals surface area contributed by atoms with Crippen LogP contribution in [-0.2, 0) is 6.54 Å². The molecule has 1 aliphatic rings. The first-order chi connectivity index (χ1) is 10.1. The van der Waals surface area contributed by atoms with E-state index >= 15 is 0 Å². The Labute approximate surface area is 130 Å². The van der Waals surface area contributed by atoms with E-state index in [2.05, 4.69) is 67.4 Å². The lowest BCUT2D eigenvalue weighted by atomic mass is 9.99. The minimum atomic E-state index is 0.579. The van der Waals surface area contributed by atoms with Crippen molar-refractivity contribution < 1.29 is 0 Å². The fourth-order valence-electron chi connectivity index (χ4n) is 2.75. The second-order valence-corrected chi connectivity index (χ2v) is 6.69. The summed E-state index contributed by atoms with van der Waals surface area (Å²) in [6.07, 6.45) is 5.75. The average Bonchev–Trinajstić information content (AvgIpc) is 2.48. The van der Waals surface area contributed by atoms with Crippen LogP contribution in [0.4, 0.5) is 0 Å². The molecule has 1 heterocycles. The summed E-state index contributed by atoms with van der Waals surface area (Å²) in [4.78, 5) is 2.50. The van der Waals surface area contributed by atoms with Crippen LogP contribution >= 0.6 is 0 Å². The highest BCUT2D eigenvalue weighted by Crippen LogP contribution is 2.16. The van der Waals surface area contributed by atoms with E-state index in [0.717, 1.165) is 32.1 Å². The SMILES string of the molecule is CC(C)CNCC(C)c1ccc(CN2CC=CCC2)cc1. The van der Waals surface area contributed by atoms with E-state index < -0.39 is 0 Å². The highest BCUT2D eigenvalue weighted by atomic mass is 15.1. The molecule has 2 nitrogen and oxygen atoms in total. The summed E-state index contributed by atoms with van der Waals surface area (Å²) in [6, 6.07) is 9.20. The van der Waals surface area contributed by atoms with Crippen LogP contribution in [0.3, 0.4) is 0 Å². The van der Waals surface area contributed by atoms with Gasteiger partial charge in [-0.3, -0.25) is 4.90 Å². The van der Waals surface area contributed by atoms with Gasteiger partial charge in [0.15, 0.2) is 0 Å². The molecule has 1 aromatic rings. The van der Waals surface area contributed by atoms with Gasteiger partial charge in [0.05, 0.1) is 0 Å².